The Hall–Kier alpha value is -2.53. The number of pyridine rings is 2. The fraction of sp³-hybridized carbons (Fsp3) is 0.167. The van der Waals surface area contributed by atoms with Gasteiger partial charge in [-0.1, -0.05) is 0 Å². The summed E-state index contributed by atoms with van der Waals surface area (Å²) in [4.78, 5) is 21.0. The minimum Gasteiger partial charge on any atom is -0.345 e. The van der Waals surface area contributed by atoms with Crippen molar-refractivity contribution in [2.45, 2.75) is 19.9 Å². The highest BCUT2D eigenvalue weighted by Crippen LogP contribution is 2.22. The van der Waals surface area contributed by atoms with Crippen LogP contribution in [-0.4, -0.2) is 15.9 Å². The summed E-state index contributed by atoms with van der Waals surface area (Å²) in [7, 11) is 0. The molecule has 0 aliphatic rings. The number of carbonyl (C=O) groups excluding carboxylic acids is 1. The highest BCUT2D eigenvalue weighted by Gasteiger charge is 2.15. The molecule has 0 saturated carbocycles. The second kappa shape index (κ2) is 6.71. The third-order valence-electron chi connectivity index (χ3n) is 3.70. The average Bonchev–Trinajstić information content (AvgIpc) is 3.10. The molecular weight excluding hydrogens is 306 g/mol. The number of hydrogen-bond acceptors (Lipinski definition) is 4. The van der Waals surface area contributed by atoms with Crippen molar-refractivity contribution in [3.05, 3.63) is 70.3 Å². The molecule has 1 amide bonds. The number of nitrogens with one attached hydrogen (secondary N) is 1. The van der Waals surface area contributed by atoms with E-state index in [0.717, 1.165) is 22.5 Å². The van der Waals surface area contributed by atoms with Gasteiger partial charge in [0.15, 0.2) is 0 Å². The van der Waals surface area contributed by atoms with Gasteiger partial charge in [0.1, 0.15) is 0 Å². The van der Waals surface area contributed by atoms with Gasteiger partial charge in [0.2, 0.25) is 0 Å². The van der Waals surface area contributed by atoms with Crippen LogP contribution in [-0.2, 0) is 0 Å². The first-order chi connectivity index (χ1) is 11.1. The van der Waals surface area contributed by atoms with E-state index in [1.807, 2.05) is 54.9 Å². The van der Waals surface area contributed by atoms with Crippen molar-refractivity contribution < 1.29 is 4.79 Å². The molecule has 0 fully saturated rings. The van der Waals surface area contributed by atoms with Gasteiger partial charge in [0, 0.05) is 23.3 Å². The van der Waals surface area contributed by atoms with Crippen LogP contribution < -0.4 is 5.32 Å². The van der Waals surface area contributed by atoms with Gasteiger partial charge in [-0.3, -0.25) is 14.8 Å². The molecule has 1 atom stereocenters. The summed E-state index contributed by atoms with van der Waals surface area (Å²) in [6, 6.07) is 9.47. The summed E-state index contributed by atoms with van der Waals surface area (Å²) >= 11 is 1.63. The Labute approximate surface area is 139 Å². The van der Waals surface area contributed by atoms with Gasteiger partial charge in [-0.25, -0.2) is 0 Å². The maximum absolute atomic E-state index is 12.5. The Morgan fingerprint density at radius 1 is 1.17 bits per heavy atom. The highest BCUT2D eigenvalue weighted by atomic mass is 32.1. The SMILES string of the molecule is Cc1nc(-c2ccsc2)ccc1C(=O)N[C@H](C)c1ccncc1. The Kier molecular flexibility index (Phi) is 4.48. The van der Waals surface area contributed by atoms with Crippen molar-refractivity contribution in [2.24, 2.45) is 0 Å². The lowest BCUT2D eigenvalue weighted by molar-refractivity contribution is 0.0939. The monoisotopic (exact) mass is 323 g/mol. The number of aromatic nitrogens is 2. The minimum atomic E-state index is -0.115. The molecule has 0 bridgehead atoms. The van der Waals surface area contributed by atoms with E-state index < -0.39 is 0 Å². The lowest BCUT2D eigenvalue weighted by atomic mass is 10.1. The number of aryl methyl sites for hydroxylation is 1. The van der Waals surface area contributed by atoms with Crippen LogP contribution in [0.15, 0.2) is 53.5 Å². The molecule has 5 heteroatoms. The first kappa shape index (κ1) is 15.4. The quantitative estimate of drug-likeness (QED) is 0.789. The molecule has 0 radical (unpaired) electrons. The van der Waals surface area contributed by atoms with E-state index in [9.17, 15) is 4.79 Å². The lowest BCUT2D eigenvalue weighted by Crippen LogP contribution is -2.27. The Balaban J connectivity index is 1.77. The summed E-state index contributed by atoms with van der Waals surface area (Å²) in [6.07, 6.45) is 3.45. The van der Waals surface area contributed by atoms with E-state index in [1.165, 1.54) is 0 Å². The molecule has 116 valence electrons. The van der Waals surface area contributed by atoms with Crippen LogP contribution in [0, 0.1) is 6.92 Å². The van der Waals surface area contributed by atoms with E-state index in [1.54, 1.807) is 23.7 Å². The summed E-state index contributed by atoms with van der Waals surface area (Å²) < 4.78 is 0. The number of rotatable bonds is 4. The van der Waals surface area contributed by atoms with E-state index >= 15 is 0 Å². The highest BCUT2D eigenvalue weighted by molar-refractivity contribution is 7.08. The smallest absolute Gasteiger partial charge is 0.253 e. The second-order valence-electron chi connectivity index (χ2n) is 5.32. The molecule has 3 rings (SSSR count). The summed E-state index contributed by atoms with van der Waals surface area (Å²) in [5.74, 6) is -0.115. The lowest BCUT2D eigenvalue weighted by Gasteiger charge is -2.15. The maximum atomic E-state index is 12.5. The summed E-state index contributed by atoms with van der Waals surface area (Å²) in [6.45, 7) is 3.82. The zero-order chi connectivity index (χ0) is 16.2. The molecule has 1 N–H and O–H groups in total. The Bertz CT molecular complexity index is 800. The van der Waals surface area contributed by atoms with Gasteiger partial charge in [0.05, 0.1) is 23.0 Å². The summed E-state index contributed by atoms with van der Waals surface area (Å²) in [5.41, 5.74) is 4.32. The normalized spacial score (nSPS) is 11.9. The van der Waals surface area contributed by atoms with Crippen molar-refractivity contribution in [2.75, 3.05) is 0 Å². The minimum absolute atomic E-state index is 0.0820. The molecule has 3 aromatic rings. The molecular formula is C18H17N3OS. The van der Waals surface area contributed by atoms with Gasteiger partial charge < -0.3 is 5.32 Å². The van der Waals surface area contributed by atoms with E-state index in [4.69, 9.17) is 0 Å². The molecule has 0 saturated heterocycles. The Morgan fingerprint density at radius 2 is 1.96 bits per heavy atom. The number of thiophene rings is 1. The van der Waals surface area contributed by atoms with Crippen LogP contribution in [0.4, 0.5) is 0 Å². The third kappa shape index (κ3) is 3.46. The maximum Gasteiger partial charge on any atom is 0.253 e. The third-order valence-corrected chi connectivity index (χ3v) is 4.38. The molecule has 0 aromatic carbocycles. The zero-order valence-electron chi connectivity index (χ0n) is 13.0. The number of carbonyl (C=O) groups is 1. The van der Waals surface area contributed by atoms with E-state index in [0.29, 0.717) is 5.56 Å². The van der Waals surface area contributed by atoms with Crippen molar-refractivity contribution in [1.82, 2.24) is 15.3 Å². The number of nitrogens with zero attached hydrogens (tertiary/aromatic N) is 2. The van der Waals surface area contributed by atoms with Crippen LogP contribution in [0.2, 0.25) is 0 Å². The predicted molar refractivity (Wildman–Crippen MR) is 92.4 cm³/mol. The topological polar surface area (TPSA) is 54.9 Å². The van der Waals surface area contributed by atoms with Gasteiger partial charge in [-0.05, 0) is 55.1 Å². The van der Waals surface area contributed by atoms with Crippen LogP contribution in [0.3, 0.4) is 0 Å². The first-order valence-electron chi connectivity index (χ1n) is 7.36. The summed E-state index contributed by atoms with van der Waals surface area (Å²) in [5, 5.41) is 7.07. The molecule has 3 heterocycles. The zero-order valence-corrected chi connectivity index (χ0v) is 13.8. The number of amides is 1. The fourth-order valence-electron chi connectivity index (χ4n) is 2.38. The second-order valence-corrected chi connectivity index (χ2v) is 6.10. The van der Waals surface area contributed by atoms with E-state index in [2.05, 4.69) is 15.3 Å². The molecule has 3 aromatic heterocycles. The van der Waals surface area contributed by atoms with Gasteiger partial charge in [-0.15, -0.1) is 0 Å². The fourth-order valence-corrected chi connectivity index (χ4v) is 3.03. The largest absolute Gasteiger partial charge is 0.345 e. The van der Waals surface area contributed by atoms with Crippen LogP contribution in [0.5, 0.6) is 0 Å². The molecule has 0 aliphatic carbocycles. The van der Waals surface area contributed by atoms with Gasteiger partial charge >= 0.3 is 0 Å². The van der Waals surface area contributed by atoms with Crippen LogP contribution in [0.1, 0.15) is 34.6 Å². The standard InChI is InChI=1S/C18H17N3OS/c1-12(14-5-8-19-9-6-14)21-18(22)16-3-4-17(20-13(16)2)15-7-10-23-11-15/h3-12H,1-2H3,(H,21,22)/t12-/m1/s1. The van der Waals surface area contributed by atoms with Gasteiger partial charge in [-0.2, -0.15) is 11.3 Å². The molecule has 4 nitrogen and oxygen atoms in total. The van der Waals surface area contributed by atoms with Crippen molar-refractivity contribution in [3.8, 4) is 11.3 Å². The van der Waals surface area contributed by atoms with Gasteiger partial charge in [0.25, 0.3) is 5.91 Å². The Morgan fingerprint density at radius 3 is 2.61 bits per heavy atom. The molecule has 23 heavy (non-hydrogen) atoms. The average molecular weight is 323 g/mol. The molecule has 0 aliphatic heterocycles. The van der Waals surface area contributed by atoms with Crippen LogP contribution in [0.25, 0.3) is 11.3 Å². The molecule has 0 unspecified atom stereocenters. The number of hydrogen-bond donors (Lipinski definition) is 1. The van der Waals surface area contributed by atoms with Crippen molar-refractivity contribution >= 4 is 17.2 Å². The van der Waals surface area contributed by atoms with Crippen LogP contribution >= 0.6 is 11.3 Å². The van der Waals surface area contributed by atoms with E-state index in [-0.39, 0.29) is 11.9 Å². The van der Waals surface area contributed by atoms with Crippen molar-refractivity contribution in [1.29, 1.82) is 0 Å². The van der Waals surface area contributed by atoms with Crippen molar-refractivity contribution in [3.63, 3.8) is 0 Å². The predicted octanol–water partition coefficient (Wildman–Crippen LogP) is 4.00. The molecule has 0 spiro atoms. The first-order valence-corrected chi connectivity index (χ1v) is 8.30.